The minimum atomic E-state index is -3.85. The van der Waals surface area contributed by atoms with Gasteiger partial charge in [0, 0.05) is 22.5 Å². The van der Waals surface area contributed by atoms with E-state index in [9.17, 15) is 13.2 Å². The lowest BCUT2D eigenvalue weighted by Gasteiger charge is -2.42. The van der Waals surface area contributed by atoms with Crippen molar-refractivity contribution in [3.05, 3.63) is 88.4 Å². The Kier molecular flexibility index (Phi) is 6.81. The Hall–Kier alpha value is -3.07. The smallest absolute Gasteiger partial charge is 0.264 e. The van der Waals surface area contributed by atoms with E-state index in [2.05, 4.69) is 10.6 Å². The molecule has 1 saturated carbocycles. The molecule has 6 rings (SSSR count). The number of nitrogens with one attached hydrogen (secondary N) is 2. The fourth-order valence-electron chi connectivity index (χ4n) is 6.35. The maximum absolute atomic E-state index is 14.3. The fraction of sp³-hybridized carbons (Fsp3) is 0.367. The first-order chi connectivity index (χ1) is 18.8. The van der Waals surface area contributed by atoms with Crippen LogP contribution in [0, 0.1) is 5.92 Å². The van der Waals surface area contributed by atoms with Crippen molar-refractivity contribution < 1.29 is 17.9 Å². The Morgan fingerprint density at radius 3 is 2.46 bits per heavy atom. The summed E-state index contributed by atoms with van der Waals surface area (Å²) in [4.78, 5) is 13.5. The quantitative estimate of drug-likeness (QED) is 0.426. The number of rotatable bonds is 7. The summed E-state index contributed by atoms with van der Waals surface area (Å²) in [6.45, 7) is 1.93. The van der Waals surface area contributed by atoms with Gasteiger partial charge in [-0.15, -0.1) is 0 Å². The number of hydrogen-bond donors (Lipinski definition) is 2. The monoisotopic (exact) mass is 565 g/mol. The summed E-state index contributed by atoms with van der Waals surface area (Å²) < 4.78 is 35.4. The van der Waals surface area contributed by atoms with E-state index in [-0.39, 0.29) is 22.3 Å². The molecule has 7 nitrogen and oxygen atoms in total. The lowest BCUT2D eigenvalue weighted by Crippen LogP contribution is -2.53. The molecule has 0 bridgehead atoms. The lowest BCUT2D eigenvalue weighted by molar-refractivity contribution is 0.0950. The molecular formula is C30H32ClN3O4S. The number of carbonyl (C=O) groups excluding carboxylic acids is 1. The van der Waals surface area contributed by atoms with Gasteiger partial charge in [0.1, 0.15) is 5.75 Å². The second-order valence-corrected chi connectivity index (χ2v) is 12.9. The molecule has 1 aliphatic carbocycles. The zero-order valence-corrected chi connectivity index (χ0v) is 23.4. The summed E-state index contributed by atoms with van der Waals surface area (Å²) in [7, 11) is -2.29. The van der Waals surface area contributed by atoms with Crippen LogP contribution in [0.2, 0.25) is 5.02 Å². The third kappa shape index (κ3) is 4.58. The molecule has 1 saturated heterocycles. The van der Waals surface area contributed by atoms with Crippen LogP contribution in [0.5, 0.6) is 5.75 Å². The molecule has 204 valence electrons. The Labute approximate surface area is 234 Å². The number of sulfonamides is 1. The van der Waals surface area contributed by atoms with Gasteiger partial charge in [-0.25, -0.2) is 8.42 Å². The van der Waals surface area contributed by atoms with Crippen molar-refractivity contribution in [1.29, 1.82) is 0 Å². The van der Waals surface area contributed by atoms with Crippen molar-refractivity contribution in [2.24, 2.45) is 5.92 Å². The third-order valence-corrected chi connectivity index (χ3v) is 10.6. The summed E-state index contributed by atoms with van der Waals surface area (Å²) in [5.74, 6) is 0.694. The number of benzene rings is 3. The topological polar surface area (TPSA) is 87.7 Å². The van der Waals surface area contributed by atoms with E-state index < -0.39 is 10.0 Å². The van der Waals surface area contributed by atoms with Crippen molar-refractivity contribution in [3.63, 3.8) is 0 Å². The number of fused-ring (bicyclic) bond motifs is 2. The summed E-state index contributed by atoms with van der Waals surface area (Å²) >= 11 is 6.28. The highest BCUT2D eigenvalue weighted by atomic mass is 35.5. The van der Waals surface area contributed by atoms with Crippen LogP contribution < -0.4 is 19.7 Å². The maximum atomic E-state index is 14.3. The van der Waals surface area contributed by atoms with E-state index in [1.807, 2.05) is 30.3 Å². The molecule has 1 atom stereocenters. The van der Waals surface area contributed by atoms with Crippen molar-refractivity contribution in [2.75, 3.05) is 24.5 Å². The zero-order valence-electron chi connectivity index (χ0n) is 21.8. The average molecular weight is 566 g/mol. The molecule has 2 aliphatic heterocycles. The SMILES string of the molecule is COc1ccc(S(=O)(=O)N2c3ccc(C(=O)NCc4ccccc4Cl)cc3C3(CCNCC3)C2C2CC2)cc1. The highest BCUT2D eigenvalue weighted by Crippen LogP contribution is 2.58. The maximum Gasteiger partial charge on any atom is 0.264 e. The second kappa shape index (κ2) is 10.2. The second-order valence-electron chi connectivity index (χ2n) is 10.7. The van der Waals surface area contributed by atoms with Crippen LogP contribution >= 0.6 is 11.6 Å². The molecule has 3 aliphatic rings. The molecule has 1 unspecified atom stereocenters. The molecular weight excluding hydrogens is 534 g/mol. The molecule has 1 amide bonds. The van der Waals surface area contributed by atoms with Crippen molar-refractivity contribution in [1.82, 2.24) is 10.6 Å². The Morgan fingerprint density at radius 1 is 1.08 bits per heavy atom. The van der Waals surface area contributed by atoms with Crippen LogP contribution in [-0.4, -0.2) is 40.6 Å². The van der Waals surface area contributed by atoms with Gasteiger partial charge in [0.15, 0.2) is 0 Å². The largest absolute Gasteiger partial charge is 0.497 e. The molecule has 0 radical (unpaired) electrons. The number of nitrogens with zero attached hydrogens (tertiary/aromatic N) is 1. The number of carbonyl (C=O) groups is 1. The average Bonchev–Trinajstić information content (AvgIpc) is 3.76. The predicted octanol–water partition coefficient (Wildman–Crippen LogP) is 4.89. The summed E-state index contributed by atoms with van der Waals surface area (Å²) in [6, 6.07) is 19.3. The van der Waals surface area contributed by atoms with Gasteiger partial charge >= 0.3 is 0 Å². The van der Waals surface area contributed by atoms with Crippen LogP contribution in [0.25, 0.3) is 0 Å². The lowest BCUT2D eigenvalue weighted by atomic mass is 9.68. The van der Waals surface area contributed by atoms with E-state index in [0.29, 0.717) is 34.5 Å². The van der Waals surface area contributed by atoms with Crippen LogP contribution in [0.15, 0.2) is 71.6 Å². The highest BCUT2D eigenvalue weighted by molar-refractivity contribution is 7.92. The van der Waals surface area contributed by atoms with Crippen molar-refractivity contribution in [3.8, 4) is 5.75 Å². The summed E-state index contributed by atoms with van der Waals surface area (Å²) in [5, 5.41) is 7.04. The number of methoxy groups -OCH3 is 1. The Morgan fingerprint density at radius 2 is 1.79 bits per heavy atom. The van der Waals surface area contributed by atoms with E-state index >= 15 is 0 Å². The van der Waals surface area contributed by atoms with Crippen molar-refractivity contribution in [2.45, 2.75) is 48.6 Å². The number of halogens is 1. The Balaban J connectivity index is 1.40. The minimum Gasteiger partial charge on any atom is -0.497 e. The number of piperidine rings is 1. The van der Waals surface area contributed by atoms with Crippen LogP contribution in [0.3, 0.4) is 0 Å². The van der Waals surface area contributed by atoms with Gasteiger partial charge in [0.05, 0.1) is 23.7 Å². The minimum absolute atomic E-state index is 0.178. The van der Waals surface area contributed by atoms with Gasteiger partial charge in [-0.3, -0.25) is 9.10 Å². The zero-order chi connectivity index (χ0) is 27.2. The van der Waals surface area contributed by atoms with Gasteiger partial charge in [0.2, 0.25) is 0 Å². The van der Waals surface area contributed by atoms with Gasteiger partial charge in [-0.05, 0) is 104 Å². The molecule has 3 aromatic rings. The predicted molar refractivity (Wildman–Crippen MR) is 152 cm³/mol. The molecule has 2 N–H and O–H groups in total. The van der Waals surface area contributed by atoms with E-state index in [1.165, 1.54) is 0 Å². The van der Waals surface area contributed by atoms with Crippen LogP contribution in [0.1, 0.15) is 47.2 Å². The number of anilines is 1. The molecule has 39 heavy (non-hydrogen) atoms. The standard InChI is InChI=1S/C30H32ClN3O4S/c1-38-23-9-11-24(12-10-23)39(36,37)34-27-13-8-21(29(35)33-19-22-4-2-3-5-26(22)31)18-25(27)30(14-16-32-17-15-30)28(34)20-6-7-20/h2-5,8-13,18,20,28,32H,6-7,14-17,19H2,1H3,(H,33,35). The summed E-state index contributed by atoms with van der Waals surface area (Å²) in [6.07, 6.45) is 3.66. The number of hydrogen-bond acceptors (Lipinski definition) is 5. The first-order valence-corrected chi connectivity index (χ1v) is 15.2. The van der Waals surface area contributed by atoms with Gasteiger partial charge in [-0.1, -0.05) is 29.8 Å². The molecule has 2 heterocycles. The first kappa shape index (κ1) is 26.2. The molecule has 1 spiro atoms. The van der Waals surface area contributed by atoms with Crippen LogP contribution in [-0.2, 0) is 22.0 Å². The Bertz CT molecular complexity index is 1500. The van der Waals surface area contributed by atoms with Gasteiger partial charge < -0.3 is 15.4 Å². The first-order valence-electron chi connectivity index (χ1n) is 13.4. The van der Waals surface area contributed by atoms with Gasteiger partial charge in [0.25, 0.3) is 15.9 Å². The normalized spacial score (nSPS) is 20.1. The molecule has 2 fully saturated rings. The molecule has 0 aromatic heterocycles. The number of ether oxygens (including phenoxy) is 1. The fourth-order valence-corrected chi connectivity index (χ4v) is 8.35. The number of amides is 1. The van der Waals surface area contributed by atoms with Crippen molar-refractivity contribution >= 4 is 33.2 Å². The van der Waals surface area contributed by atoms with E-state index in [1.54, 1.807) is 47.8 Å². The van der Waals surface area contributed by atoms with E-state index in [4.69, 9.17) is 16.3 Å². The molecule has 3 aromatic carbocycles. The third-order valence-electron chi connectivity index (χ3n) is 8.43. The summed E-state index contributed by atoms with van der Waals surface area (Å²) in [5.41, 5.74) is 2.67. The molecule has 9 heteroatoms. The van der Waals surface area contributed by atoms with E-state index in [0.717, 1.165) is 49.9 Å². The van der Waals surface area contributed by atoms with Crippen LogP contribution in [0.4, 0.5) is 5.69 Å². The van der Waals surface area contributed by atoms with Gasteiger partial charge in [-0.2, -0.15) is 0 Å². The highest BCUT2D eigenvalue weighted by Gasteiger charge is 2.59.